The van der Waals surface area contributed by atoms with Crippen molar-refractivity contribution in [2.24, 2.45) is 11.7 Å². The molecule has 0 radical (unpaired) electrons. The minimum atomic E-state index is 0.0929. The first-order valence-corrected chi connectivity index (χ1v) is 5.43. The largest absolute Gasteiger partial charge is 0.454 e. The van der Waals surface area contributed by atoms with E-state index in [1.54, 1.807) is 18.2 Å². The Hall–Kier alpha value is -1.55. The van der Waals surface area contributed by atoms with Gasteiger partial charge in [-0.3, -0.25) is 4.79 Å². The molecule has 3 rings (SSSR count). The zero-order chi connectivity index (χ0) is 11.1. The van der Waals surface area contributed by atoms with Gasteiger partial charge in [0.25, 0.3) is 0 Å². The Labute approximate surface area is 93.3 Å². The summed E-state index contributed by atoms with van der Waals surface area (Å²) in [5, 5.41) is 0. The third-order valence-electron chi connectivity index (χ3n) is 3.20. The van der Waals surface area contributed by atoms with E-state index in [0.29, 0.717) is 17.1 Å². The zero-order valence-electron chi connectivity index (χ0n) is 8.81. The molecule has 0 aromatic heterocycles. The Balaban J connectivity index is 1.82. The van der Waals surface area contributed by atoms with Gasteiger partial charge < -0.3 is 15.2 Å². The average Bonchev–Trinajstić information content (AvgIpc) is 2.70. The van der Waals surface area contributed by atoms with E-state index >= 15 is 0 Å². The summed E-state index contributed by atoms with van der Waals surface area (Å²) in [4.78, 5) is 12.0. The van der Waals surface area contributed by atoms with Crippen molar-refractivity contribution in [3.8, 4) is 11.5 Å². The number of Topliss-reactive ketones (excluding diaryl/α,β-unsaturated/α-hetero) is 1. The zero-order valence-corrected chi connectivity index (χ0v) is 8.81. The maximum absolute atomic E-state index is 12.0. The smallest absolute Gasteiger partial charge is 0.231 e. The van der Waals surface area contributed by atoms with Crippen LogP contribution in [0, 0.1) is 5.92 Å². The molecule has 1 aliphatic heterocycles. The van der Waals surface area contributed by atoms with E-state index in [1.165, 1.54) is 0 Å². The number of carbonyl (C=O) groups excluding carboxylic acids is 1. The topological polar surface area (TPSA) is 61.6 Å². The predicted molar refractivity (Wildman–Crippen MR) is 57.6 cm³/mol. The minimum absolute atomic E-state index is 0.0929. The van der Waals surface area contributed by atoms with Gasteiger partial charge in [-0.05, 0) is 31.0 Å². The van der Waals surface area contributed by atoms with Crippen molar-refractivity contribution in [3.63, 3.8) is 0 Å². The highest BCUT2D eigenvalue weighted by atomic mass is 16.7. The van der Waals surface area contributed by atoms with Crippen molar-refractivity contribution in [2.75, 3.05) is 6.79 Å². The Kier molecular flexibility index (Phi) is 2.11. The number of rotatable bonds is 2. The van der Waals surface area contributed by atoms with Gasteiger partial charge in [0.1, 0.15) is 0 Å². The standard InChI is InChI=1S/C12H13NO3/c13-9-3-8(4-9)12(14)7-1-2-10-11(5-7)16-6-15-10/h1-2,5,8-9H,3-4,6,13H2. The molecule has 4 nitrogen and oxygen atoms in total. The third kappa shape index (κ3) is 1.46. The molecule has 0 bridgehead atoms. The van der Waals surface area contributed by atoms with Crippen LogP contribution in [0.5, 0.6) is 11.5 Å². The molecule has 2 N–H and O–H groups in total. The first-order valence-electron chi connectivity index (χ1n) is 5.43. The van der Waals surface area contributed by atoms with Gasteiger partial charge in [-0.25, -0.2) is 0 Å². The van der Waals surface area contributed by atoms with Gasteiger partial charge in [-0.15, -0.1) is 0 Å². The summed E-state index contributed by atoms with van der Waals surface area (Å²) >= 11 is 0. The molecular weight excluding hydrogens is 206 g/mol. The Morgan fingerprint density at radius 1 is 1.25 bits per heavy atom. The van der Waals surface area contributed by atoms with E-state index in [4.69, 9.17) is 15.2 Å². The summed E-state index contributed by atoms with van der Waals surface area (Å²) in [5.74, 6) is 1.63. The molecule has 4 heteroatoms. The predicted octanol–water partition coefficient (Wildman–Crippen LogP) is 1.34. The van der Waals surface area contributed by atoms with E-state index in [1.807, 2.05) is 0 Å². The van der Waals surface area contributed by atoms with Crippen molar-refractivity contribution in [1.82, 2.24) is 0 Å². The maximum Gasteiger partial charge on any atom is 0.231 e. The molecule has 0 amide bonds. The number of fused-ring (bicyclic) bond motifs is 1. The Morgan fingerprint density at radius 3 is 2.75 bits per heavy atom. The van der Waals surface area contributed by atoms with E-state index in [0.717, 1.165) is 12.8 Å². The number of ketones is 1. The summed E-state index contributed by atoms with van der Waals surface area (Å²) in [6.45, 7) is 0.237. The monoisotopic (exact) mass is 219 g/mol. The fraction of sp³-hybridized carbons (Fsp3) is 0.417. The molecule has 84 valence electrons. The van der Waals surface area contributed by atoms with E-state index in [2.05, 4.69) is 0 Å². The van der Waals surface area contributed by atoms with Crippen LogP contribution in [-0.2, 0) is 0 Å². The van der Waals surface area contributed by atoms with Gasteiger partial charge >= 0.3 is 0 Å². The SMILES string of the molecule is NC1CC(C(=O)c2ccc3c(c2)OCO3)C1. The van der Waals surface area contributed by atoms with Crippen molar-refractivity contribution in [1.29, 1.82) is 0 Å². The van der Waals surface area contributed by atoms with Gasteiger partial charge in [0.05, 0.1) is 0 Å². The molecule has 0 atom stereocenters. The minimum Gasteiger partial charge on any atom is -0.454 e. The van der Waals surface area contributed by atoms with E-state index < -0.39 is 0 Å². The number of hydrogen-bond acceptors (Lipinski definition) is 4. The van der Waals surface area contributed by atoms with Gasteiger partial charge in [0.15, 0.2) is 17.3 Å². The molecule has 1 aromatic rings. The third-order valence-corrected chi connectivity index (χ3v) is 3.20. The number of nitrogens with two attached hydrogens (primary N) is 1. The molecule has 1 saturated carbocycles. The van der Waals surface area contributed by atoms with Crippen LogP contribution in [0.25, 0.3) is 0 Å². The highest BCUT2D eigenvalue weighted by Crippen LogP contribution is 2.35. The van der Waals surface area contributed by atoms with Crippen LogP contribution in [0.1, 0.15) is 23.2 Å². The molecule has 1 aliphatic carbocycles. The summed E-state index contributed by atoms with van der Waals surface area (Å²) in [6, 6.07) is 5.53. The Morgan fingerprint density at radius 2 is 2.00 bits per heavy atom. The van der Waals surface area contributed by atoms with Crippen molar-refractivity contribution in [2.45, 2.75) is 18.9 Å². The quantitative estimate of drug-likeness (QED) is 0.762. The van der Waals surface area contributed by atoms with E-state index in [9.17, 15) is 4.79 Å². The lowest BCUT2D eigenvalue weighted by molar-refractivity contribution is 0.0832. The fourth-order valence-electron chi connectivity index (χ4n) is 2.16. The second-order valence-electron chi connectivity index (χ2n) is 4.36. The average molecular weight is 219 g/mol. The highest BCUT2D eigenvalue weighted by molar-refractivity contribution is 5.99. The summed E-state index contributed by atoms with van der Waals surface area (Å²) in [6.07, 6.45) is 1.60. The second-order valence-corrected chi connectivity index (χ2v) is 4.36. The van der Waals surface area contributed by atoms with Crippen LogP contribution < -0.4 is 15.2 Å². The van der Waals surface area contributed by atoms with Crippen LogP contribution in [0.2, 0.25) is 0 Å². The van der Waals surface area contributed by atoms with Crippen molar-refractivity contribution in [3.05, 3.63) is 23.8 Å². The summed E-state index contributed by atoms with van der Waals surface area (Å²) in [5.41, 5.74) is 6.37. The Bertz CT molecular complexity index is 438. The van der Waals surface area contributed by atoms with Gasteiger partial charge in [0.2, 0.25) is 6.79 Å². The van der Waals surface area contributed by atoms with Crippen LogP contribution >= 0.6 is 0 Å². The van der Waals surface area contributed by atoms with Crippen LogP contribution in [0.4, 0.5) is 0 Å². The lowest BCUT2D eigenvalue weighted by Crippen LogP contribution is -2.40. The molecule has 1 fully saturated rings. The molecule has 0 saturated heterocycles. The van der Waals surface area contributed by atoms with Gasteiger partial charge in [-0.1, -0.05) is 0 Å². The van der Waals surface area contributed by atoms with Gasteiger partial charge in [-0.2, -0.15) is 0 Å². The molecule has 0 spiro atoms. The normalized spacial score (nSPS) is 26.3. The van der Waals surface area contributed by atoms with Crippen LogP contribution in [0.3, 0.4) is 0 Å². The van der Waals surface area contributed by atoms with Gasteiger partial charge in [0, 0.05) is 17.5 Å². The summed E-state index contributed by atoms with van der Waals surface area (Å²) in [7, 11) is 0. The lowest BCUT2D eigenvalue weighted by atomic mass is 9.76. The molecule has 1 heterocycles. The molecule has 2 aliphatic rings. The van der Waals surface area contributed by atoms with Crippen molar-refractivity contribution < 1.29 is 14.3 Å². The van der Waals surface area contributed by atoms with Crippen molar-refractivity contribution >= 4 is 5.78 Å². The van der Waals surface area contributed by atoms with Crippen LogP contribution in [-0.4, -0.2) is 18.6 Å². The molecule has 0 unspecified atom stereocenters. The number of benzene rings is 1. The molecule has 16 heavy (non-hydrogen) atoms. The number of carbonyl (C=O) groups is 1. The maximum atomic E-state index is 12.0. The lowest BCUT2D eigenvalue weighted by Gasteiger charge is -2.31. The number of hydrogen-bond donors (Lipinski definition) is 1. The fourth-order valence-corrected chi connectivity index (χ4v) is 2.16. The molecular formula is C12H13NO3. The first-order chi connectivity index (χ1) is 7.74. The van der Waals surface area contributed by atoms with Crippen LogP contribution in [0.15, 0.2) is 18.2 Å². The second kappa shape index (κ2) is 3.49. The molecule has 1 aromatic carbocycles. The number of ether oxygens (including phenoxy) is 2. The highest BCUT2D eigenvalue weighted by Gasteiger charge is 2.33. The van der Waals surface area contributed by atoms with E-state index in [-0.39, 0.29) is 24.5 Å². The first kappa shape index (κ1) is 9.66. The summed E-state index contributed by atoms with van der Waals surface area (Å²) < 4.78 is 10.4.